The van der Waals surface area contributed by atoms with Crippen molar-refractivity contribution >= 4 is 27.0 Å². The first-order valence-corrected chi connectivity index (χ1v) is 5.06. The maximum absolute atomic E-state index is 10.8. The molecule has 4 nitrogen and oxygen atoms in total. The summed E-state index contributed by atoms with van der Waals surface area (Å²) in [4.78, 5) is 10.5. The van der Waals surface area contributed by atoms with Gasteiger partial charge in [0.1, 0.15) is 6.54 Å². The van der Waals surface area contributed by atoms with Gasteiger partial charge in [-0.05, 0) is 6.42 Å². The van der Waals surface area contributed by atoms with E-state index >= 15 is 0 Å². The number of carboxylic acid groups (broad SMARTS) is 1. The molecule has 0 radical (unpaired) electrons. The van der Waals surface area contributed by atoms with Gasteiger partial charge in [0.05, 0.1) is 17.7 Å². The fourth-order valence-corrected chi connectivity index (χ4v) is 1.49. The van der Waals surface area contributed by atoms with Gasteiger partial charge in [-0.25, -0.2) is 0 Å². The summed E-state index contributed by atoms with van der Waals surface area (Å²) in [6, 6.07) is 0. The Morgan fingerprint density at radius 1 is 1.73 bits per heavy atom. The first-order chi connectivity index (χ1) is 4.95. The van der Waals surface area contributed by atoms with Crippen LogP contribution in [-0.4, -0.2) is 32.9 Å². The van der Waals surface area contributed by atoms with Crippen molar-refractivity contribution < 1.29 is 18.0 Å². The van der Waals surface area contributed by atoms with E-state index in [9.17, 15) is 9.00 Å². The third-order valence-corrected chi connectivity index (χ3v) is 3.26. The number of nitrogens with zero attached hydrogens (tertiary/aromatic N) is 1. The summed E-state index contributed by atoms with van der Waals surface area (Å²) in [6.07, 6.45) is -0.540. The summed E-state index contributed by atoms with van der Waals surface area (Å²) >= 11 is 0. The lowest BCUT2D eigenvalue weighted by atomic mass is 10.4. The maximum atomic E-state index is 10.8. The zero-order valence-corrected chi connectivity index (χ0v) is 7.98. The van der Waals surface area contributed by atoms with Gasteiger partial charge in [0.2, 0.25) is 0 Å². The van der Waals surface area contributed by atoms with Crippen LogP contribution in [0.25, 0.3) is 0 Å². The van der Waals surface area contributed by atoms with Crippen LogP contribution in [0.2, 0.25) is 0 Å². The summed E-state index contributed by atoms with van der Waals surface area (Å²) < 4.78 is 10.1. The summed E-state index contributed by atoms with van der Waals surface area (Å²) in [5, 5.41) is 8.63. The molecule has 0 aliphatic rings. The van der Waals surface area contributed by atoms with Gasteiger partial charge >= 0.3 is 16.3 Å². The highest BCUT2D eigenvalue weighted by Crippen LogP contribution is 2.12. The highest BCUT2D eigenvalue weighted by atomic mass is 35.7. The monoisotopic (exact) mass is 200 g/mol. The van der Waals surface area contributed by atoms with Crippen LogP contribution < -0.4 is 0 Å². The van der Waals surface area contributed by atoms with Gasteiger partial charge in [-0.3, -0.25) is 0 Å². The Kier molecular flexibility index (Phi) is 3.99. The summed E-state index contributed by atoms with van der Waals surface area (Å²) in [7, 11) is 4.66. The second-order valence-electron chi connectivity index (χ2n) is 2.31. The third kappa shape index (κ3) is 2.43. The van der Waals surface area contributed by atoms with Crippen molar-refractivity contribution in [3.63, 3.8) is 0 Å². The zero-order valence-electron chi connectivity index (χ0n) is 6.41. The SMILES string of the molecule is CCC[N+](C)(C(=O)O)S(=O)Cl. The van der Waals surface area contributed by atoms with Crippen LogP contribution in [0.3, 0.4) is 0 Å². The van der Waals surface area contributed by atoms with Crippen LogP contribution in [0.1, 0.15) is 13.3 Å². The predicted octanol–water partition coefficient (Wildman–Crippen LogP) is 1.34. The highest BCUT2D eigenvalue weighted by molar-refractivity contribution is 8.03. The number of hydrogen-bond acceptors (Lipinski definition) is 2. The topological polar surface area (TPSA) is 54.4 Å². The fraction of sp³-hybridized carbons (Fsp3) is 0.800. The molecule has 0 aromatic carbocycles. The van der Waals surface area contributed by atoms with Crippen molar-refractivity contribution in [3.8, 4) is 0 Å². The molecule has 0 aliphatic carbocycles. The first kappa shape index (κ1) is 10.9. The summed E-state index contributed by atoms with van der Waals surface area (Å²) in [5.41, 5.74) is 0. The van der Waals surface area contributed by atoms with Crippen LogP contribution in [-0.2, 0) is 10.2 Å². The molecule has 1 amide bonds. The van der Waals surface area contributed by atoms with Crippen LogP contribution in [0.4, 0.5) is 4.79 Å². The Labute approximate surface area is 72.4 Å². The molecule has 66 valence electrons. The van der Waals surface area contributed by atoms with E-state index in [4.69, 9.17) is 15.8 Å². The minimum absolute atomic E-state index is 0.269. The van der Waals surface area contributed by atoms with E-state index in [1.54, 1.807) is 0 Å². The number of hydrogen-bond donors (Lipinski definition) is 1. The molecular weight excluding hydrogens is 190 g/mol. The molecule has 1 N–H and O–H groups in total. The van der Waals surface area contributed by atoms with Crippen LogP contribution >= 0.6 is 10.7 Å². The number of halogens is 1. The van der Waals surface area contributed by atoms with E-state index in [1.165, 1.54) is 7.05 Å². The fourth-order valence-electron chi connectivity index (χ4n) is 0.656. The van der Waals surface area contributed by atoms with E-state index in [0.717, 1.165) is 0 Å². The number of amides is 1. The highest BCUT2D eigenvalue weighted by Gasteiger charge is 2.37. The molecule has 6 heteroatoms. The maximum Gasteiger partial charge on any atom is 0.528 e. The van der Waals surface area contributed by atoms with Crippen molar-refractivity contribution in [3.05, 3.63) is 0 Å². The van der Waals surface area contributed by atoms with Gasteiger partial charge < -0.3 is 5.11 Å². The van der Waals surface area contributed by atoms with E-state index in [2.05, 4.69) is 0 Å². The molecular formula is C5H11ClNO3S+. The Bertz CT molecular complexity index is 171. The molecule has 0 heterocycles. The van der Waals surface area contributed by atoms with E-state index < -0.39 is 20.2 Å². The van der Waals surface area contributed by atoms with E-state index in [0.29, 0.717) is 6.42 Å². The third-order valence-electron chi connectivity index (χ3n) is 1.37. The van der Waals surface area contributed by atoms with Crippen molar-refractivity contribution in [2.75, 3.05) is 13.6 Å². The normalized spacial score (nSPS) is 18.8. The lowest BCUT2D eigenvalue weighted by Gasteiger charge is -2.20. The average Bonchev–Trinajstić information content (AvgIpc) is 1.87. The van der Waals surface area contributed by atoms with E-state index in [-0.39, 0.29) is 6.54 Å². The van der Waals surface area contributed by atoms with Crippen molar-refractivity contribution in [2.45, 2.75) is 13.3 Å². The Balaban J connectivity index is 4.52. The minimum Gasteiger partial charge on any atom is -0.435 e. The Hall–Kier alpha value is -0.130. The molecule has 0 aromatic rings. The largest absolute Gasteiger partial charge is 0.528 e. The molecule has 0 bridgehead atoms. The van der Waals surface area contributed by atoms with Gasteiger partial charge in [0, 0.05) is 0 Å². The van der Waals surface area contributed by atoms with Gasteiger partial charge in [-0.2, -0.15) is 9.00 Å². The number of rotatable bonds is 3. The Morgan fingerprint density at radius 2 is 2.18 bits per heavy atom. The van der Waals surface area contributed by atoms with Gasteiger partial charge in [-0.15, -0.1) is 3.89 Å². The van der Waals surface area contributed by atoms with Crippen LogP contribution in [0.5, 0.6) is 0 Å². The molecule has 11 heavy (non-hydrogen) atoms. The summed E-state index contributed by atoms with van der Waals surface area (Å²) in [5.74, 6) is 0. The quantitative estimate of drug-likeness (QED) is 0.553. The Morgan fingerprint density at radius 3 is 2.27 bits per heavy atom. The number of quaternary nitrogens is 1. The molecule has 2 atom stereocenters. The molecule has 0 saturated heterocycles. The molecule has 0 aliphatic heterocycles. The number of carbonyl (C=O) groups is 1. The predicted molar refractivity (Wildman–Crippen MR) is 43.4 cm³/mol. The molecule has 0 fully saturated rings. The average molecular weight is 201 g/mol. The molecule has 0 saturated carbocycles. The first-order valence-electron chi connectivity index (χ1n) is 3.13. The second-order valence-corrected chi connectivity index (χ2v) is 4.32. The van der Waals surface area contributed by atoms with Crippen molar-refractivity contribution in [1.29, 1.82) is 0 Å². The lowest BCUT2D eigenvalue weighted by Crippen LogP contribution is -2.48. The summed E-state index contributed by atoms with van der Waals surface area (Å²) in [6.45, 7) is 2.08. The van der Waals surface area contributed by atoms with Crippen LogP contribution in [0, 0.1) is 0 Å². The minimum atomic E-state index is -1.89. The second kappa shape index (κ2) is 4.04. The van der Waals surface area contributed by atoms with Crippen molar-refractivity contribution in [1.82, 2.24) is 0 Å². The van der Waals surface area contributed by atoms with Gasteiger partial charge in [0.15, 0.2) is 0 Å². The van der Waals surface area contributed by atoms with Crippen LogP contribution in [0.15, 0.2) is 0 Å². The standard InChI is InChI=1S/C5H10ClNO3S/c1-3-4-7(2,5(8)9)11(6)10/h3-4H2,1-2H3/p+1. The molecule has 0 aromatic heterocycles. The smallest absolute Gasteiger partial charge is 0.435 e. The molecule has 0 spiro atoms. The van der Waals surface area contributed by atoms with Gasteiger partial charge in [-0.1, -0.05) is 6.92 Å². The lowest BCUT2D eigenvalue weighted by molar-refractivity contribution is -0.700. The van der Waals surface area contributed by atoms with Crippen molar-refractivity contribution in [2.24, 2.45) is 0 Å². The molecule has 2 unspecified atom stereocenters. The van der Waals surface area contributed by atoms with E-state index in [1.807, 2.05) is 6.92 Å². The van der Waals surface area contributed by atoms with Gasteiger partial charge in [0.25, 0.3) is 0 Å². The molecule has 0 rings (SSSR count). The zero-order chi connectivity index (χ0) is 9.07.